The van der Waals surface area contributed by atoms with Crippen LogP contribution >= 0.6 is 0 Å². The molecule has 2 atom stereocenters. The van der Waals surface area contributed by atoms with Gasteiger partial charge >= 0.3 is 0 Å². The van der Waals surface area contributed by atoms with Crippen LogP contribution in [0.1, 0.15) is 24.8 Å². The number of benzene rings is 1. The molecule has 1 aliphatic rings. The Morgan fingerprint density at radius 2 is 2.12 bits per heavy atom. The Morgan fingerprint density at radius 1 is 1.31 bits per heavy atom. The van der Waals surface area contributed by atoms with E-state index in [2.05, 4.69) is 5.32 Å². The number of halogens is 2. The van der Waals surface area contributed by atoms with Gasteiger partial charge in [0, 0.05) is 6.04 Å². The summed E-state index contributed by atoms with van der Waals surface area (Å²) in [6, 6.07) is 4.15. The second-order valence-electron chi connectivity index (χ2n) is 4.53. The maximum atomic E-state index is 13.5. The summed E-state index contributed by atoms with van der Waals surface area (Å²) in [5.74, 6) is -0.208. The molecule has 0 aliphatic heterocycles. The van der Waals surface area contributed by atoms with Crippen molar-refractivity contribution in [3.05, 3.63) is 35.4 Å². The Kier molecular flexibility index (Phi) is 3.54. The smallest absolute Gasteiger partial charge is 0.126 e. The Labute approximate surface area is 94.9 Å². The fourth-order valence-electron chi connectivity index (χ4n) is 2.64. The van der Waals surface area contributed by atoms with Crippen LogP contribution in [0.2, 0.25) is 0 Å². The van der Waals surface area contributed by atoms with Crippen molar-refractivity contribution in [3.8, 4) is 0 Å². The molecule has 0 amide bonds. The lowest BCUT2D eigenvalue weighted by Crippen LogP contribution is -2.30. The van der Waals surface area contributed by atoms with Crippen molar-refractivity contribution in [2.24, 2.45) is 5.92 Å². The molecule has 2 rings (SSSR count). The molecule has 2 unspecified atom stereocenters. The molecule has 0 heterocycles. The normalized spacial score (nSPS) is 24.9. The van der Waals surface area contributed by atoms with Crippen molar-refractivity contribution >= 4 is 0 Å². The van der Waals surface area contributed by atoms with E-state index in [4.69, 9.17) is 0 Å². The quantitative estimate of drug-likeness (QED) is 0.834. The van der Waals surface area contributed by atoms with E-state index in [1.807, 2.05) is 7.05 Å². The first-order valence-electron chi connectivity index (χ1n) is 5.82. The molecule has 0 spiro atoms. The summed E-state index contributed by atoms with van der Waals surface area (Å²) in [6.07, 6.45) is 4.04. The summed E-state index contributed by atoms with van der Waals surface area (Å²) in [4.78, 5) is 0. The van der Waals surface area contributed by atoms with E-state index >= 15 is 0 Å². The van der Waals surface area contributed by atoms with Gasteiger partial charge in [-0.25, -0.2) is 8.78 Å². The Morgan fingerprint density at radius 3 is 2.88 bits per heavy atom. The van der Waals surface area contributed by atoms with Gasteiger partial charge in [-0.2, -0.15) is 0 Å². The molecule has 16 heavy (non-hydrogen) atoms. The molecule has 1 saturated carbocycles. The van der Waals surface area contributed by atoms with Crippen LogP contribution in [0.25, 0.3) is 0 Å². The van der Waals surface area contributed by atoms with Crippen molar-refractivity contribution < 1.29 is 8.78 Å². The van der Waals surface area contributed by atoms with Crippen molar-refractivity contribution in [2.75, 3.05) is 7.05 Å². The molecule has 0 aromatic heterocycles. The summed E-state index contributed by atoms with van der Waals surface area (Å²) in [5.41, 5.74) is 0.507. The number of rotatable bonds is 3. The van der Waals surface area contributed by atoms with Crippen molar-refractivity contribution in [2.45, 2.75) is 31.7 Å². The largest absolute Gasteiger partial charge is 0.317 e. The fraction of sp³-hybridized carbons (Fsp3) is 0.538. The minimum absolute atomic E-state index is 0.289. The van der Waals surface area contributed by atoms with Gasteiger partial charge in [0.2, 0.25) is 0 Å². The first kappa shape index (κ1) is 11.5. The third-order valence-electron chi connectivity index (χ3n) is 3.52. The maximum Gasteiger partial charge on any atom is 0.126 e. The Balaban J connectivity index is 2.11. The SMILES string of the molecule is CNC1CCCC1Cc1cc(F)ccc1F. The molecule has 1 aliphatic carbocycles. The van der Waals surface area contributed by atoms with Crippen molar-refractivity contribution in [1.29, 1.82) is 0 Å². The lowest BCUT2D eigenvalue weighted by molar-refractivity contribution is 0.416. The van der Waals surface area contributed by atoms with Crippen LogP contribution in [0, 0.1) is 17.6 Å². The van der Waals surface area contributed by atoms with Gasteiger partial charge < -0.3 is 5.32 Å². The molecule has 3 heteroatoms. The first-order chi connectivity index (χ1) is 7.70. The summed E-state index contributed by atoms with van der Waals surface area (Å²) < 4.78 is 26.5. The van der Waals surface area contributed by atoms with Crippen LogP contribution in [0.15, 0.2) is 18.2 Å². The van der Waals surface area contributed by atoms with Crippen LogP contribution in [0.5, 0.6) is 0 Å². The molecule has 1 aromatic carbocycles. The van der Waals surface area contributed by atoms with E-state index < -0.39 is 0 Å². The van der Waals surface area contributed by atoms with Crippen LogP contribution in [-0.2, 0) is 6.42 Å². The lowest BCUT2D eigenvalue weighted by Gasteiger charge is -2.19. The molecule has 0 saturated heterocycles. The second kappa shape index (κ2) is 4.91. The molecule has 0 bridgehead atoms. The highest BCUT2D eigenvalue weighted by molar-refractivity contribution is 5.19. The monoisotopic (exact) mass is 225 g/mol. The number of hydrogen-bond acceptors (Lipinski definition) is 1. The Hall–Kier alpha value is -0.960. The van der Waals surface area contributed by atoms with E-state index in [0.717, 1.165) is 12.8 Å². The summed E-state index contributed by atoms with van der Waals surface area (Å²) >= 11 is 0. The highest BCUT2D eigenvalue weighted by atomic mass is 19.1. The third kappa shape index (κ3) is 2.40. The van der Waals surface area contributed by atoms with Gasteiger partial charge in [-0.15, -0.1) is 0 Å². The molecule has 1 N–H and O–H groups in total. The third-order valence-corrected chi connectivity index (χ3v) is 3.52. The standard InChI is InChI=1S/C13H17F2N/c1-16-13-4-2-3-9(13)7-10-8-11(14)5-6-12(10)15/h5-6,8-9,13,16H,2-4,7H2,1H3. The molecular formula is C13H17F2N. The minimum atomic E-state index is -0.351. The molecule has 1 aromatic rings. The predicted octanol–water partition coefficient (Wildman–Crippen LogP) is 2.90. The minimum Gasteiger partial charge on any atom is -0.317 e. The highest BCUT2D eigenvalue weighted by Crippen LogP contribution is 2.29. The summed E-state index contributed by atoms with van der Waals surface area (Å²) in [5, 5.41) is 3.25. The average Bonchev–Trinajstić information content (AvgIpc) is 2.71. The highest BCUT2D eigenvalue weighted by Gasteiger charge is 2.26. The molecule has 0 radical (unpaired) electrons. The summed E-state index contributed by atoms with van der Waals surface area (Å²) in [6.45, 7) is 0. The zero-order valence-electron chi connectivity index (χ0n) is 9.47. The lowest BCUT2D eigenvalue weighted by atomic mass is 9.94. The predicted molar refractivity (Wildman–Crippen MR) is 60.3 cm³/mol. The van der Waals surface area contributed by atoms with Gasteiger partial charge in [0.05, 0.1) is 0 Å². The number of hydrogen-bond donors (Lipinski definition) is 1. The first-order valence-corrected chi connectivity index (χ1v) is 5.82. The maximum absolute atomic E-state index is 13.5. The van der Waals surface area contributed by atoms with E-state index in [1.165, 1.54) is 24.6 Å². The van der Waals surface area contributed by atoms with Crippen molar-refractivity contribution in [1.82, 2.24) is 5.32 Å². The van der Waals surface area contributed by atoms with Crippen LogP contribution in [-0.4, -0.2) is 13.1 Å². The van der Waals surface area contributed by atoms with E-state index in [0.29, 0.717) is 23.9 Å². The zero-order valence-corrected chi connectivity index (χ0v) is 9.47. The average molecular weight is 225 g/mol. The van der Waals surface area contributed by atoms with Gasteiger partial charge in [0.15, 0.2) is 0 Å². The van der Waals surface area contributed by atoms with Crippen LogP contribution in [0.3, 0.4) is 0 Å². The van der Waals surface area contributed by atoms with Gasteiger partial charge in [0.25, 0.3) is 0 Å². The Bertz CT molecular complexity index is 365. The van der Waals surface area contributed by atoms with Crippen molar-refractivity contribution in [3.63, 3.8) is 0 Å². The van der Waals surface area contributed by atoms with Gasteiger partial charge in [0.1, 0.15) is 11.6 Å². The van der Waals surface area contributed by atoms with Crippen LogP contribution in [0.4, 0.5) is 8.78 Å². The summed E-state index contributed by atoms with van der Waals surface area (Å²) in [7, 11) is 1.94. The van der Waals surface area contributed by atoms with Crippen LogP contribution < -0.4 is 5.32 Å². The van der Waals surface area contributed by atoms with E-state index in [1.54, 1.807) is 0 Å². The van der Waals surface area contributed by atoms with Gasteiger partial charge in [-0.1, -0.05) is 6.42 Å². The fourth-order valence-corrected chi connectivity index (χ4v) is 2.64. The van der Waals surface area contributed by atoms with E-state index in [9.17, 15) is 8.78 Å². The zero-order chi connectivity index (χ0) is 11.5. The molecule has 88 valence electrons. The van der Waals surface area contributed by atoms with Gasteiger partial charge in [-0.05, 0) is 56.0 Å². The second-order valence-corrected chi connectivity index (χ2v) is 4.53. The number of nitrogens with one attached hydrogen (secondary N) is 1. The molecular weight excluding hydrogens is 208 g/mol. The molecule has 1 nitrogen and oxygen atoms in total. The topological polar surface area (TPSA) is 12.0 Å². The van der Waals surface area contributed by atoms with Gasteiger partial charge in [-0.3, -0.25) is 0 Å². The molecule has 1 fully saturated rings. The van der Waals surface area contributed by atoms with E-state index in [-0.39, 0.29) is 11.6 Å².